The summed E-state index contributed by atoms with van der Waals surface area (Å²) < 4.78 is 6.00. The number of methoxy groups -OCH3 is 1. The Morgan fingerprint density at radius 1 is 1.29 bits per heavy atom. The summed E-state index contributed by atoms with van der Waals surface area (Å²) in [6.45, 7) is 2.54. The van der Waals surface area contributed by atoms with Crippen LogP contribution in [-0.4, -0.2) is 51.5 Å². The molecule has 1 saturated heterocycles. The van der Waals surface area contributed by atoms with E-state index in [0.29, 0.717) is 6.54 Å². The maximum absolute atomic E-state index is 13.1. The van der Waals surface area contributed by atoms with E-state index in [4.69, 9.17) is 10.5 Å². The Hall–Kier alpha value is -3.47. The molecule has 31 heavy (non-hydrogen) atoms. The van der Waals surface area contributed by atoms with Crippen LogP contribution in [0.4, 0.5) is 5.69 Å². The first kappa shape index (κ1) is 20.8. The quantitative estimate of drug-likeness (QED) is 0.528. The van der Waals surface area contributed by atoms with Gasteiger partial charge in [0.15, 0.2) is 0 Å². The highest BCUT2D eigenvalue weighted by Gasteiger charge is 2.35. The van der Waals surface area contributed by atoms with Gasteiger partial charge in [0, 0.05) is 11.4 Å². The number of rotatable bonds is 4. The first-order valence-electron chi connectivity index (χ1n) is 9.76. The zero-order valence-electron chi connectivity index (χ0n) is 17.0. The summed E-state index contributed by atoms with van der Waals surface area (Å²) in [7, 11) is 1.36. The van der Waals surface area contributed by atoms with Gasteiger partial charge in [-0.1, -0.05) is 6.92 Å². The zero-order valence-corrected chi connectivity index (χ0v) is 17.9. The van der Waals surface area contributed by atoms with Crippen molar-refractivity contribution in [3.63, 3.8) is 0 Å². The topological polar surface area (TPSA) is 143 Å². The Bertz CT molecular complexity index is 1130. The summed E-state index contributed by atoms with van der Waals surface area (Å²) in [5.41, 5.74) is 6.45. The fourth-order valence-corrected chi connectivity index (χ4v) is 4.91. The third-order valence-electron chi connectivity index (χ3n) is 5.32. The Balaban J connectivity index is 1.55. The third kappa shape index (κ3) is 4.08. The molecule has 3 aromatic rings. The number of carbonyl (C=O) groups excluding carboxylic acids is 3. The normalized spacial score (nSPS) is 18.7. The van der Waals surface area contributed by atoms with Gasteiger partial charge in [-0.05, 0) is 30.9 Å². The lowest BCUT2D eigenvalue weighted by molar-refractivity contribution is -0.146. The smallest absolute Gasteiger partial charge is 0.313 e. The summed E-state index contributed by atoms with van der Waals surface area (Å²) in [4.78, 5) is 44.0. The lowest BCUT2D eigenvalue weighted by Crippen LogP contribution is -2.46. The fraction of sp³-hybridized carbons (Fsp3) is 0.350. The molecule has 0 bridgehead atoms. The molecule has 0 aromatic carbocycles. The highest BCUT2D eigenvalue weighted by molar-refractivity contribution is 7.19. The van der Waals surface area contributed by atoms with E-state index in [-0.39, 0.29) is 29.1 Å². The molecule has 4 N–H and O–H groups in total. The van der Waals surface area contributed by atoms with E-state index in [1.165, 1.54) is 19.4 Å². The second kappa shape index (κ2) is 8.34. The van der Waals surface area contributed by atoms with Crippen LogP contribution in [0.15, 0.2) is 24.5 Å². The molecular weight excluding hydrogens is 420 g/mol. The number of piperidine rings is 1. The average molecular weight is 443 g/mol. The maximum atomic E-state index is 13.1. The number of aromatic nitrogens is 3. The van der Waals surface area contributed by atoms with Crippen molar-refractivity contribution in [3.05, 3.63) is 35.0 Å². The summed E-state index contributed by atoms with van der Waals surface area (Å²) in [6, 6.07) is 3.14. The van der Waals surface area contributed by atoms with Gasteiger partial charge in [0.05, 0.1) is 41.4 Å². The molecule has 1 aliphatic rings. The van der Waals surface area contributed by atoms with Crippen LogP contribution in [0.3, 0.4) is 0 Å². The van der Waals surface area contributed by atoms with Crippen molar-refractivity contribution in [2.75, 3.05) is 19.0 Å². The number of carbonyl (C=O) groups is 3. The highest BCUT2D eigenvalue weighted by atomic mass is 32.1. The number of thiophene rings is 1. The van der Waals surface area contributed by atoms with Gasteiger partial charge in [-0.25, -0.2) is 4.98 Å². The minimum Gasteiger partial charge on any atom is -0.480 e. The summed E-state index contributed by atoms with van der Waals surface area (Å²) in [5, 5.41) is 9.47. The average Bonchev–Trinajstić information content (AvgIpc) is 3.35. The van der Waals surface area contributed by atoms with Crippen molar-refractivity contribution in [2.24, 2.45) is 11.7 Å². The fourth-order valence-electron chi connectivity index (χ4n) is 3.78. The van der Waals surface area contributed by atoms with Crippen LogP contribution in [0, 0.1) is 5.92 Å². The predicted molar refractivity (Wildman–Crippen MR) is 115 cm³/mol. The molecule has 0 unspecified atom stereocenters. The summed E-state index contributed by atoms with van der Waals surface area (Å²) in [6.07, 6.45) is 4.79. The number of pyridine rings is 1. The number of hydrogen-bond acceptors (Lipinski definition) is 7. The minimum absolute atomic E-state index is 0.0134. The molecule has 4 heterocycles. The van der Waals surface area contributed by atoms with Crippen molar-refractivity contribution in [2.45, 2.75) is 25.8 Å². The minimum atomic E-state index is -0.801. The number of H-pyrrole nitrogens is 1. The molecule has 3 amide bonds. The van der Waals surface area contributed by atoms with Crippen LogP contribution >= 0.6 is 11.3 Å². The number of nitrogens with two attached hydrogens (primary N) is 1. The molecule has 0 radical (unpaired) electrons. The number of nitrogens with zero attached hydrogens (tertiary/aromatic N) is 3. The zero-order chi connectivity index (χ0) is 22.1. The van der Waals surface area contributed by atoms with Crippen molar-refractivity contribution < 1.29 is 19.1 Å². The van der Waals surface area contributed by atoms with Crippen molar-refractivity contribution in [3.8, 4) is 5.88 Å². The van der Waals surface area contributed by atoms with Crippen LogP contribution in [0.5, 0.6) is 5.88 Å². The second-order valence-electron chi connectivity index (χ2n) is 7.55. The number of aromatic amines is 1. The molecule has 0 spiro atoms. The molecule has 10 nitrogen and oxygen atoms in total. The number of nitrogens with one attached hydrogen (secondary N) is 2. The predicted octanol–water partition coefficient (Wildman–Crippen LogP) is 2.07. The van der Waals surface area contributed by atoms with Gasteiger partial charge >= 0.3 is 11.8 Å². The van der Waals surface area contributed by atoms with Gasteiger partial charge in [-0.15, -0.1) is 11.3 Å². The van der Waals surface area contributed by atoms with Crippen LogP contribution in [0.25, 0.3) is 10.2 Å². The summed E-state index contributed by atoms with van der Waals surface area (Å²) >= 11 is 1.56. The molecular formula is C20H22N6O4S. The van der Waals surface area contributed by atoms with Gasteiger partial charge in [0.2, 0.25) is 5.88 Å². The van der Waals surface area contributed by atoms with E-state index in [1.807, 2.05) is 6.07 Å². The van der Waals surface area contributed by atoms with E-state index in [1.54, 1.807) is 22.4 Å². The number of anilines is 1. The lowest BCUT2D eigenvalue weighted by Gasteiger charge is -2.37. The Morgan fingerprint density at radius 3 is 2.81 bits per heavy atom. The first-order chi connectivity index (χ1) is 14.9. The first-order valence-corrected chi connectivity index (χ1v) is 10.6. The highest BCUT2D eigenvalue weighted by Crippen LogP contribution is 2.38. The van der Waals surface area contributed by atoms with Gasteiger partial charge in [0.1, 0.15) is 5.56 Å². The maximum Gasteiger partial charge on any atom is 0.313 e. The van der Waals surface area contributed by atoms with E-state index in [9.17, 15) is 14.4 Å². The number of fused-ring (bicyclic) bond motifs is 1. The Morgan fingerprint density at radius 2 is 2.10 bits per heavy atom. The Labute approximate surface area is 181 Å². The third-order valence-corrected chi connectivity index (χ3v) is 6.49. The van der Waals surface area contributed by atoms with Crippen LogP contribution < -0.4 is 15.8 Å². The molecule has 2 atom stereocenters. The van der Waals surface area contributed by atoms with E-state index in [0.717, 1.165) is 27.9 Å². The Kier molecular flexibility index (Phi) is 5.59. The van der Waals surface area contributed by atoms with Crippen LogP contribution in [0.2, 0.25) is 0 Å². The van der Waals surface area contributed by atoms with E-state index in [2.05, 4.69) is 27.4 Å². The number of amides is 3. The van der Waals surface area contributed by atoms with Gasteiger partial charge in [-0.2, -0.15) is 5.10 Å². The molecule has 162 valence electrons. The van der Waals surface area contributed by atoms with Crippen molar-refractivity contribution in [1.82, 2.24) is 20.1 Å². The van der Waals surface area contributed by atoms with Gasteiger partial charge in [-0.3, -0.25) is 19.5 Å². The van der Waals surface area contributed by atoms with Gasteiger partial charge in [0.25, 0.3) is 5.91 Å². The van der Waals surface area contributed by atoms with Crippen molar-refractivity contribution in [1.29, 1.82) is 0 Å². The molecule has 3 aromatic heterocycles. The van der Waals surface area contributed by atoms with E-state index < -0.39 is 17.7 Å². The number of hydrogen-bond donors (Lipinski definition) is 3. The lowest BCUT2D eigenvalue weighted by atomic mass is 9.93. The number of primary amides is 1. The molecule has 0 aliphatic carbocycles. The monoisotopic (exact) mass is 442 g/mol. The van der Waals surface area contributed by atoms with Crippen LogP contribution in [0.1, 0.15) is 41.0 Å². The molecule has 4 rings (SSSR count). The van der Waals surface area contributed by atoms with Gasteiger partial charge < -0.3 is 20.7 Å². The summed E-state index contributed by atoms with van der Waals surface area (Å²) in [5.74, 6) is -1.86. The molecule has 1 fully saturated rings. The largest absolute Gasteiger partial charge is 0.480 e. The van der Waals surface area contributed by atoms with Crippen LogP contribution in [-0.2, 0) is 9.59 Å². The second-order valence-corrected chi connectivity index (χ2v) is 8.67. The molecule has 11 heteroatoms. The van der Waals surface area contributed by atoms with E-state index >= 15 is 0 Å². The number of likely N-dealkylation sites (tertiary alicyclic amines) is 1. The molecule has 1 aliphatic heterocycles. The SMILES string of the molecule is COc1ncc(NC(=O)C(=O)N2C[C@H](C)CC[C@H]2c2cc3[nH]ncc3s2)cc1C(N)=O. The number of ether oxygens (including phenoxy) is 1. The standard InChI is InChI=1S/C20H22N6O4S/c1-10-3-4-14(15-6-13-16(31-15)8-23-25-13)26(9-10)20(29)18(28)24-11-5-12(17(21)27)19(30-2)22-7-11/h5-8,10,14H,3-4,9H2,1-2H3,(H2,21,27)(H,23,25)(H,24,28)/t10-,14+/m1/s1. The molecule has 0 saturated carbocycles. The van der Waals surface area contributed by atoms with Crippen molar-refractivity contribution >= 4 is 45.0 Å².